The number of hydrogen-bond donors (Lipinski definition) is 1. The molecule has 0 bridgehead atoms. The van der Waals surface area contributed by atoms with Gasteiger partial charge in [-0.1, -0.05) is 11.6 Å². The van der Waals surface area contributed by atoms with Crippen LogP contribution in [0.15, 0.2) is 6.07 Å². The van der Waals surface area contributed by atoms with Crippen LogP contribution < -0.4 is 9.47 Å². The van der Waals surface area contributed by atoms with Gasteiger partial charge in [0.1, 0.15) is 0 Å². The summed E-state index contributed by atoms with van der Waals surface area (Å²) in [6.45, 7) is 0. The molecule has 0 aliphatic rings. The maximum atomic E-state index is 10.9. The molecule has 0 aliphatic carbocycles. The van der Waals surface area contributed by atoms with Gasteiger partial charge in [0, 0.05) is 12.0 Å². The fraction of sp³-hybridized carbons (Fsp3) is 0.333. The van der Waals surface area contributed by atoms with Crippen LogP contribution in [-0.2, 0) is 11.2 Å². The van der Waals surface area contributed by atoms with Crippen molar-refractivity contribution in [3.05, 3.63) is 22.2 Å². The van der Waals surface area contributed by atoms with E-state index < -0.39 is 5.97 Å². The molecule has 1 aromatic rings. The van der Waals surface area contributed by atoms with Crippen molar-refractivity contribution in [3.8, 4) is 11.5 Å². The number of ether oxygens (including phenoxy) is 2. The van der Waals surface area contributed by atoms with Crippen molar-refractivity contribution in [1.29, 1.82) is 0 Å². The lowest BCUT2D eigenvalue weighted by Gasteiger charge is -2.15. The number of benzene rings is 1. The Bertz CT molecular complexity index is 470. The summed E-state index contributed by atoms with van der Waals surface area (Å²) in [6, 6.07) is 1.52. The first-order chi connectivity index (χ1) is 8.54. The summed E-state index contributed by atoms with van der Waals surface area (Å²) in [5, 5.41) is 8.88. The summed E-state index contributed by atoms with van der Waals surface area (Å²) < 4.78 is 10.3. The van der Waals surface area contributed by atoms with E-state index in [2.05, 4.69) is 0 Å². The highest BCUT2D eigenvalue weighted by atomic mass is 35.5. The number of rotatable bonds is 6. The number of aryl methyl sites for hydroxylation is 1. The Balaban J connectivity index is 3.29. The largest absolute Gasteiger partial charge is 0.493 e. The molecular weight excluding hydrogens is 260 g/mol. The molecule has 0 atom stereocenters. The quantitative estimate of drug-likeness (QED) is 0.804. The number of halogens is 1. The lowest BCUT2D eigenvalue weighted by molar-refractivity contribution is -0.136. The molecule has 1 N–H and O–H groups in total. The summed E-state index contributed by atoms with van der Waals surface area (Å²) in [4.78, 5) is 21.5. The standard InChI is InChI=1S/C12H13ClO5/c1-17-11-7(3-4-10(15)16)5-9(13)8(6-14)12(11)18-2/h5-6H,3-4H2,1-2H3,(H,15,16). The van der Waals surface area contributed by atoms with Crippen LogP contribution >= 0.6 is 11.6 Å². The molecule has 0 spiro atoms. The second kappa shape index (κ2) is 6.26. The Labute approximate surface area is 109 Å². The fourth-order valence-corrected chi connectivity index (χ4v) is 1.90. The highest BCUT2D eigenvalue weighted by Gasteiger charge is 2.19. The zero-order valence-corrected chi connectivity index (χ0v) is 10.8. The molecule has 0 saturated carbocycles. The van der Waals surface area contributed by atoms with Crippen LogP contribution in [0, 0.1) is 0 Å². The van der Waals surface area contributed by atoms with Crippen LogP contribution in [-0.4, -0.2) is 31.6 Å². The van der Waals surface area contributed by atoms with E-state index in [9.17, 15) is 9.59 Å². The van der Waals surface area contributed by atoms with Gasteiger partial charge in [0.05, 0.1) is 24.8 Å². The summed E-state index contributed by atoms with van der Waals surface area (Å²) >= 11 is 5.94. The third-order valence-corrected chi connectivity index (χ3v) is 2.75. The Morgan fingerprint density at radius 2 is 2.00 bits per heavy atom. The van der Waals surface area contributed by atoms with Crippen LogP contribution in [0.4, 0.5) is 0 Å². The molecule has 0 heterocycles. The van der Waals surface area contributed by atoms with E-state index in [-0.39, 0.29) is 29.2 Å². The molecule has 18 heavy (non-hydrogen) atoms. The molecule has 1 aromatic carbocycles. The lowest BCUT2D eigenvalue weighted by atomic mass is 10.0. The molecule has 6 heteroatoms. The second-order valence-electron chi connectivity index (χ2n) is 3.51. The van der Waals surface area contributed by atoms with Gasteiger partial charge >= 0.3 is 5.97 Å². The molecule has 98 valence electrons. The zero-order valence-electron chi connectivity index (χ0n) is 10.0. The van der Waals surface area contributed by atoms with Crippen molar-refractivity contribution in [2.45, 2.75) is 12.8 Å². The molecule has 0 radical (unpaired) electrons. The molecule has 0 unspecified atom stereocenters. The average Bonchev–Trinajstić information content (AvgIpc) is 2.34. The number of aliphatic carboxylic acids is 1. The van der Waals surface area contributed by atoms with Crippen molar-refractivity contribution < 1.29 is 24.2 Å². The Morgan fingerprint density at radius 1 is 1.39 bits per heavy atom. The number of methoxy groups -OCH3 is 2. The first-order valence-electron chi connectivity index (χ1n) is 5.15. The van der Waals surface area contributed by atoms with Crippen LogP contribution in [0.5, 0.6) is 11.5 Å². The van der Waals surface area contributed by atoms with Gasteiger partial charge in [0.15, 0.2) is 17.8 Å². The van der Waals surface area contributed by atoms with Crippen molar-refractivity contribution >= 4 is 23.9 Å². The van der Waals surface area contributed by atoms with Crippen LogP contribution in [0.2, 0.25) is 5.02 Å². The predicted octanol–water partition coefficient (Wildman–Crippen LogP) is 2.19. The van der Waals surface area contributed by atoms with Gasteiger partial charge < -0.3 is 14.6 Å². The zero-order chi connectivity index (χ0) is 13.7. The van der Waals surface area contributed by atoms with Crippen molar-refractivity contribution in [2.75, 3.05) is 14.2 Å². The Morgan fingerprint density at radius 3 is 2.44 bits per heavy atom. The summed E-state index contributed by atoms with van der Waals surface area (Å²) in [5.74, 6) is -0.364. The molecule has 0 aliphatic heterocycles. The van der Waals surface area contributed by atoms with Gasteiger partial charge in [-0.3, -0.25) is 9.59 Å². The minimum Gasteiger partial charge on any atom is -0.493 e. The molecule has 0 aromatic heterocycles. The fourth-order valence-electron chi connectivity index (χ4n) is 1.64. The normalized spacial score (nSPS) is 9.94. The van der Waals surface area contributed by atoms with Crippen LogP contribution in [0.3, 0.4) is 0 Å². The van der Waals surface area contributed by atoms with E-state index in [1.165, 1.54) is 20.3 Å². The highest BCUT2D eigenvalue weighted by Crippen LogP contribution is 2.38. The number of carboxylic acids is 1. The number of hydrogen-bond acceptors (Lipinski definition) is 4. The predicted molar refractivity (Wildman–Crippen MR) is 65.9 cm³/mol. The van der Waals surface area contributed by atoms with E-state index in [4.69, 9.17) is 26.2 Å². The summed E-state index contributed by atoms with van der Waals surface area (Å²) in [7, 11) is 2.81. The molecule has 1 rings (SSSR count). The van der Waals surface area contributed by atoms with Gasteiger partial charge in [-0.25, -0.2) is 0 Å². The van der Waals surface area contributed by atoms with Crippen LogP contribution in [0.1, 0.15) is 22.3 Å². The smallest absolute Gasteiger partial charge is 0.303 e. The van der Waals surface area contributed by atoms with Gasteiger partial charge in [-0.2, -0.15) is 0 Å². The van der Waals surface area contributed by atoms with Gasteiger partial charge in [0.25, 0.3) is 0 Å². The van der Waals surface area contributed by atoms with E-state index in [1.54, 1.807) is 0 Å². The number of carbonyl (C=O) groups is 2. The van der Waals surface area contributed by atoms with Crippen molar-refractivity contribution in [3.63, 3.8) is 0 Å². The Kier molecular flexibility index (Phi) is 4.97. The number of carbonyl (C=O) groups excluding carboxylic acids is 1. The minimum absolute atomic E-state index is 0.0592. The summed E-state index contributed by atoms with van der Waals surface area (Å²) in [6.07, 6.45) is 0.759. The third-order valence-electron chi connectivity index (χ3n) is 2.44. The van der Waals surface area contributed by atoms with E-state index in [1.807, 2.05) is 0 Å². The van der Waals surface area contributed by atoms with E-state index in [0.717, 1.165) is 0 Å². The molecule has 0 saturated heterocycles. The maximum absolute atomic E-state index is 10.9. The maximum Gasteiger partial charge on any atom is 0.303 e. The van der Waals surface area contributed by atoms with E-state index in [0.29, 0.717) is 17.6 Å². The monoisotopic (exact) mass is 272 g/mol. The first-order valence-corrected chi connectivity index (χ1v) is 5.53. The van der Waals surface area contributed by atoms with Crippen molar-refractivity contribution in [1.82, 2.24) is 0 Å². The molecule has 0 fully saturated rings. The topological polar surface area (TPSA) is 72.8 Å². The molecule has 0 amide bonds. The van der Waals surface area contributed by atoms with Crippen molar-refractivity contribution in [2.24, 2.45) is 0 Å². The van der Waals surface area contributed by atoms with Crippen LogP contribution in [0.25, 0.3) is 0 Å². The van der Waals surface area contributed by atoms with E-state index >= 15 is 0 Å². The molecule has 5 nitrogen and oxygen atoms in total. The van der Waals surface area contributed by atoms with Gasteiger partial charge in [-0.15, -0.1) is 0 Å². The second-order valence-corrected chi connectivity index (χ2v) is 3.92. The van der Waals surface area contributed by atoms with Gasteiger partial charge in [-0.05, 0) is 12.5 Å². The van der Waals surface area contributed by atoms with Gasteiger partial charge in [0.2, 0.25) is 0 Å². The SMILES string of the molecule is COc1c(CCC(=O)O)cc(Cl)c(C=O)c1OC. The minimum atomic E-state index is -0.924. The number of carboxylic acid groups (broad SMARTS) is 1. The molecular formula is C12H13ClO5. The lowest BCUT2D eigenvalue weighted by Crippen LogP contribution is -2.03. The summed E-state index contributed by atoms with van der Waals surface area (Å²) in [5.41, 5.74) is 0.780. The average molecular weight is 273 g/mol. The highest BCUT2D eigenvalue weighted by molar-refractivity contribution is 6.33. The number of aldehydes is 1. The first kappa shape index (κ1) is 14.3. The Hall–Kier alpha value is -1.75. The third kappa shape index (κ3) is 2.92.